The molecule has 0 fully saturated rings. The van der Waals surface area contributed by atoms with Crippen LogP contribution >= 0.6 is 35.3 Å². The van der Waals surface area contributed by atoms with Crippen molar-refractivity contribution >= 4 is 56.6 Å². The summed E-state index contributed by atoms with van der Waals surface area (Å²) in [4.78, 5) is 21.9. The minimum atomic E-state index is -0.205. The van der Waals surface area contributed by atoms with E-state index in [0.717, 1.165) is 10.2 Å². The van der Waals surface area contributed by atoms with E-state index in [1.54, 1.807) is 23.1 Å². The third-order valence-corrected chi connectivity index (χ3v) is 5.59. The molecule has 0 N–H and O–H groups in total. The number of para-hydroxylation sites is 1. The first kappa shape index (κ1) is 24.2. The Morgan fingerprint density at radius 3 is 2.60 bits per heavy atom. The van der Waals surface area contributed by atoms with E-state index in [2.05, 4.69) is 0 Å². The van der Waals surface area contributed by atoms with Crippen LogP contribution in [0.3, 0.4) is 0 Å². The van der Waals surface area contributed by atoms with Crippen LogP contribution in [-0.2, 0) is 0 Å². The van der Waals surface area contributed by atoms with Gasteiger partial charge in [-0.1, -0.05) is 29.0 Å². The minimum Gasteiger partial charge on any atom is -0.496 e. The van der Waals surface area contributed by atoms with Crippen molar-refractivity contribution in [1.82, 2.24) is 9.88 Å². The first-order chi connectivity index (χ1) is 13.9. The molecule has 3 rings (SSSR count). The molecule has 9 heteroatoms. The van der Waals surface area contributed by atoms with Crippen molar-refractivity contribution < 1.29 is 14.3 Å². The highest BCUT2D eigenvalue weighted by molar-refractivity contribution is 7.22. The molecule has 0 unspecified atom stereocenters. The molecule has 0 atom stereocenters. The van der Waals surface area contributed by atoms with Crippen molar-refractivity contribution in [3.63, 3.8) is 0 Å². The van der Waals surface area contributed by atoms with Crippen molar-refractivity contribution in [1.29, 1.82) is 0 Å². The molecular formula is C21H25Cl2N3O3S. The molecule has 30 heavy (non-hydrogen) atoms. The van der Waals surface area contributed by atoms with E-state index in [9.17, 15) is 4.79 Å². The number of halogens is 2. The van der Waals surface area contributed by atoms with E-state index >= 15 is 0 Å². The normalized spacial score (nSPS) is 10.7. The number of anilines is 1. The maximum atomic E-state index is 13.5. The van der Waals surface area contributed by atoms with Crippen LogP contribution < -0.4 is 14.4 Å². The number of rotatable bonds is 8. The predicted octanol–water partition coefficient (Wildman–Crippen LogP) is 4.99. The van der Waals surface area contributed by atoms with Crippen LogP contribution in [0.15, 0.2) is 36.4 Å². The van der Waals surface area contributed by atoms with E-state index in [4.69, 9.17) is 26.1 Å². The summed E-state index contributed by atoms with van der Waals surface area (Å²) in [6.45, 7) is 3.65. The highest BCUT2D eigenvalue weighted by atomic mass is 35.5. The fourth-order valence-electron chi connectivity index (χ4n) is 2.88. The van der Waals surface area contributed by atoms with Crippen LogP contribution in [0.5, 0.6) is 11.5 Å². The summed E-state index contributed by atoms with van der Waals surface area (Å²) in [5.74, 6) is 0.987. The van der Waals surface area contributed by atoms with Gasteiger partial charge in [0.1, 0.15) is 17.0 Å². The molecule has 3 aromatic rings. The molecule has 0 spiro atoms. The van der Waals surface area contributed by atoms with Gasteiger partial charge in [0, 0.05) is 18.1 Å². The summed E-state index contributed by atoms with van der Waals surface area (Å²) in [7, 11) is 5.47. The van der Waals surface area contributed by atoms with Gasteiger partial charge in [0.25, 0.3) is 5.91 Å². The standard InChI is InChI=1S/C21H24ClN3O3S.ClH/c1-5-28-17-7-6-8-18-19(17)23-21(29-18)25(12-11-24(2)3)20(26)15-13-14(22)9-10-16(15)27-4;/h6-10,13H,5,11-12H2,1-4H3;1H. The van der Waals surface area contributed by atoms with Gasteiger partial charge in [0.2, 0.25) is 0 Å². The van der Waals surface area contributed by atoms with E-state index < -0.39 is 0 Å². The summed E-state index contributed by atoms with van der Waals surface area (Å²) in [5, 5.41) is 1.09. The molecule has 6 nitrogen and oxygen atoms in total. The van der Waals surface area contributed by atoms with E-state index in [-0.39, 0.29) is 18.3 Å². The van der Waals surface area contributed by atoms with Crippen molar-refractivity contribution in [2.75, 3.05) is 45.8 Å². The van der Waals surface area contributed by atoms with Crippen molar-refractivity contribution in [3.8, 4) is 11.5 Å². The first-order valence-corrected chi connectivity index (χ1v) is 10.5. The van der Waals surface area contributed by atoms with Gasteiger partial charge >= 0.3 is 0 Å². The molecule has 0 saturated carbocycles. The van der Waals surface area contributed by atoms with Gasteiger partial charge in [-0.05, 0) is 51.4 Å². The number of hydrogen-bond acceptors (Lipinski definition) is 6. The van der Waals surface area contributed by atoms with Crippen LogP contribution in [-0.4, -0.2) is 56.7 Å². The van der Waals surface area contributed by atoms with Crippen LogP contribution in [0.4, 0.5) is 5.13 Å². The lowest BCUT2D eigenvalue weighted by Gasteiger charge is -2.23. The van der Waals surface area contributed by atoms with Gasteiger partial charge in [-0.3, -0.25) is 9.69 Å². The van der Waals surface area contributed by atoms with E-state index in [0.29, 0.717) is 46.9 Å². The van der Waals surface area contributed by atoms with Crippen molar-refractivity contribution in [2.24, 2.45) is 0 Å². The van der Waals surface area contributed by atoms with E-state index in [1.807, 2.05) is 44.1 Å². The van der Waals surface area contributed by atoms with Gasteiger partial charge in [-0.15, -0.1) is 12.4 Å². The highest BCUT2D eigenvalue weighted by Gasteiger charge is 2.25. The fourth-order valence-corrected chi connectivity index (χ4v) is 4.06. The summed E-state index contributed by atoms with van der Waals surface area (Å²) in [6.07, 6.45) is 0. The zero-order chi connectivity index (χ0) is 21.0. The van der Waals surface area contributed by atoms with Crippen LogP contribution in [0, 0.1) is 0 Å². The second-order valence-corrected chi connectivity index (χ2v) is 8.08. The fraction of sp³-hybridized carbons (Fsp3) is 0.333. The number of thiazole rings is 1. The van der Waals surface area contributed by atoms with Crippen molar-refractivity contribution in [3.05, 3.63) is 47.0 Å². The first-order valence-electron chi connectivity index (χ1n) is 9.27. The molecule has 0 aliphatic rings. The monoisotopic (exact) mass is 469 g/mol. The molecule has 0 aliphatic carbocycles. The van der Waals surface area contributed by atoms with E-state index in [1.165, 1.54) is 18.4 Å². The number of ether oxygens (including phenoxy) is 2. The van der Waals surface area contributed by atoms with Crippen LogP contribution in [0.2, 0.25) is 5.02 Å². The van der Waals surface area contributed by atoms with Crippen LogP contribution in [0.1, 0.15) is 17.3 Å². The number of likely N-dealkylation sites (N-methyl/N-ethyl adjacent to an activating group) is 1. The lowest BCUT2D eigenvalue weighted by Crippen LogP contribution is -2.37. The van der Waals surface area contributed by atoms with Gasteiger partial charge in [0.15, 0.2) is 5.13 Å². The average molecular weight is 470 g/mol. The Morgan fingerprint density at radius 2 is 1.93 bits per heavy atom. The number of benzene rings is 2. The molecule has 1 aromatic heterocycles. The average Bonchev–Trinajstić information content (AvgIpc) is 3.13. The molecule has 1 amide bonds. The molecular weight excluding hydrogens is 445 g/mol. The quantitative estimate of drug-likeness (QED) is 0.465. The third kappa shape index (κ3) is 5.35. The predicted molar refractivity (Wildman–Crippen MR) is 126 cm³/mol. The Bertz CT molecular complexity index is 1010. The SMILES string of the molecule is CCOc1cccc2sc(N(CCN(C)C)C(=O)c3cc(Cl)ccc3OC)nc12.Cl. The lowest BCUT2D eigenvalue weighted by molar-refractivity contribution is 0.0982. The lowest BCUT2D eigenvalue weighted by atomic mass is 10.1. The number of fused-ring (bicyclic) bond motifs is 1. The molecule has 162 valence electrons. The Kier molecular flexibility index (Phi) is 8.73. The Balaban J connectivity index is 0.00000320. The molecule has 0 aliphatic heterocycles. The summed E-state index contributed by atoms with van der Waals surface area (Å²) in [5.41, 5.74) is 1.16. The second-order valence-electron chi connectivity index (χ2n) is 6.64. The van der Waals surface area contributed by atoms with Crippen LogP contribution in [0.25, 0.3) is 10.2 Å². The smallest absolute Gasteiger partial charge is 0.263 e. The summed E-state index contributed by atoms with van der Waals surface area (Å²) in [6, 6.07) is 10.8. The second kappa shape index (κ2) is 10.8. The van der Waals surface area contributed by atoms with Crippen molar-refractivity contribution in [2.45, 2.75) is 6.92 Å². The number of carbonyl (C=O) groups excluding carboxylic acids is 1. The highest BCUT2D eigenvalue weighted by Crippen LogP contribution is 2.35. The van der Waals surface area contributed by atoms with Gasteiger partial charge < -0.3 is 14.4 Å². The zero-order valence-corrected chi connectivity index (χ0v) is 19.7. The number of methoxy groups -OCH3 is 1. The number of carbonyl (C=O) groups is 1. The topological polar surface area (TPSA) is 54.9 Å². The largest absolute Gasteiger partial charge is 0.496 e. The third-order valence-electron chi connectivity index (χ3n) is 4.31. The molecule has 1 heterocycles. The number of nitrogens with zero attached hydrogens (tertiary/aromatic N) is 3. The summed E-state index contributed by atoms with van der Waals surface area (Å²) < 4.78 is 12.1. The zero-order valence-electron chi connectivity index (χ0n) is 17.3. The number of hydrogen-bond donors (Lipinski definition) is 0. The molecule has 2 aromatic carbocycles. The molecule has 0 bridgehead atoms. The Morgan fingerprint density at radius 1 is 1.17 bits per heavy atom. The van der Waals surface area contributed by atoms with Gasteiger partial charge in [-0.2, -0.15) is 0 Å². The maximum Gasteiger partial charge on any atom is 0.263 e. The minimum absolute atomic E-state index is 0. The number of aromatic nitrogens is 1. The molecule has 0 saturated heterocycles. The summed E-state index contributed by atoms with van der Waals surface area (Å²) >= 11 is 7.61. The maximum absolute atomic E-state index is 13.5. The van der Waals surface area contributed by atoms with Gasteiger partial charge in [-0.25, -0.2) is 4.98 Å². The molecule has 0 radical (unpaired) electrons. The van der Waals surface area contributed by atoms with Gasteiger partial charge in [0.05, 0.1) is 24.0 Å². The Labute approximate surface area is 191 Å². The number of amides is 1. The Hall–Kier alpha value is -2.06.